The first-order valence-corrected chi connectivity index (χ1v) is 7.14. The highest BCUT2D eigenvalue weighted by atomic mass is 79.9. The Morgan fingerprint density at radius 3 is 2.44 bits per heavy atom. The summed E-state index contributed by atoms with van der Waals surface area (Å²) in [4.78, 5) is 0. The molecule has 1 unspecified atom stereocenters. The van der Waals surface area contributed by atoms with Crippen LogP contribution in [-0.2, 0) is 0 Å². The van der Waals surface area contributed by atoms with E-state index in [4.69, 9.17) is 5.73 Å². The van der Waals surface area contributed by atoms with Crippen LogP contribution in [0.5, 0.6) is 0 Å². The summed E-state index contributed by atoms with van der Waals surface area (Å²) in [6.45, 7) is 2.04. The van der Waals surface area contributed by atoms with Gasteiger partial charge in [-0.3, -0.25) is 0 Å². The average Bonchev–Trinajstić information content (AvgIpc) is 2.35. The fourth-order valence-electron chi connectivity index (χ4n) is 2.85. The Bertz CT molecular complexity index is 442. The zero-order valence-corrected chi connectivity index (χ0v) is 12.1. The van der Waals surface area contributed by atoms with E-state index in [0.717, 1.165) is 25.7 Å². The van der Waals surface area contributed by atoms with E-state index in [0.29, 0.717) is 0 Å². The van der Waals surface area contributed by atoms with Crippen LogP contribution in [0.2, 0.25) is 0 Å². The van der Waals surface area contributed by atoms with Gasteiger partial charge in [-0.15, -0.1) is 0 Å². The van der Waals surface area contributed by atoms with Gasteiger partial charge in [-0.25, -0.2) is 8.78 Å². The summed E-state index contributed by atoms with van der Waals surface area (Å²) in [6.07, 6.45) is 5.22. The Labute approximate surface area is 115 Å². The minimum Gasteiger partial charge on any atom is -0.323 e. The molecule has 1 aliphatic rings. The third-order valence-corrected chi connectivity index (χ3v) is 4.75. The van der Waals surface area contributed by atoms with Crippen molar-refractivity contribution in [3.63, 3.8) is 0 Å². The molecule has 4 heteroatoms. The third kappa shape index (κ3) is 2.45. The van der Waals surface area contributed by atoms with Crippen LogP contribution in [0.25, 0.3) is 0 Å². The molecule has 0 bridgehead atoms. The second kappa shape index (κ2) is 5.25. The number of hydrogen-bond acceptors (Lipinski definition) is 1. The molecule has 100 valence electrons. The van der Waals surface area contributed by atoms with E-state index in [-0.39, 0.29) is 15.5 Å². The van der Waals surface area contributed by atoms with Crippen molar-refractivity contribution in [3.05, 3.63) is 33.8 Å². The first kappa shape index (κ1) is 13.9. The fourth-order valence-corrected chi connectivity index (χ4v) is 3.19. The summed E-state index contributed by atoms with van der Waals surface area (Å²) in [5.74, 6) is -1.11. The molecule has 0 radical (unpaired) electrons. The molecule has 2 rings (SSSR count). The molecule has 0 heterocycles. The topological polar surface area (TPSA) is 26.0 Å². The van der Waals surface area contributed by atoms with Gasteiger partial charge in [0, 0.05) is 11.6 Å². The Kier molecular flexibility index (Phi) is 4.07. The lowest BCUT2D eigenvalue weighted by Gasteiger charge is -2.39. The lowest BCUT2D eigenvalue weighted by molar-refractivity contribution is 0.165. The van der Waals surface area contributed by atoms with Gasteiger partial charge < -0.3 is 5.73 Å². The molecule has 0 aromatic heterocycles. The van der Waals surface area contributed by atoms with E-state index in [1.54, 1.807) is 0 Å². The normalized spacial score (nSPS) is 20.7. The smallest absolute Gasteiger partial charge is 0.145 e. The van der Waals surface area contributed by atoms with Gasteiger partial charge in [-0.2, -0.15) is 0 Å². The summed E-state index contributed by atoms with van der Waals surface area (Å²) < 4.78 is 28.2. The van der Waals surface area contributed by atoms with Gasteiger partial charge in [-0.1, -0.05) is 26.2 Å². The van der Waals surface area contributed by atoms with Crippen molar-refractivity contribution in [2.24, 2.45) is 11.1 Å². The molecule has 1 nitrogen and oxygen atoms in total. The number of halogens is 3. The second-order valence-electron chi connectivity index (χ2n) is 5.45. The molecule has 0 aliphatic heterocycles. The first-order valence-electron chi connectivity index (χ1n) is 6.35. The molecular formula is C14H18BrF2N. The van der Waals surface area contributed by atoms with E-state index in [2.05, 4.69) is 15.9 Å². The third-order valence-electron chi connectivity index (χ3n) is 4.14. The van der Waals surface area contributed by atoms with Crippen molar-refractivity contribution in [1.82, 2.24) is 0 Å². The van der Waals surface area contributed by atoms with E-state index < -0.39 is 17.7 Å². The predicted molar refractivity (Wildman–Crippen MR) is 72.2 cm³/mol. The summed E-state index contributed by atoms with van der Waals surface area (Å²) >= 11 is 3.09. The maximum Gasteiger partial charge on any atom is 0.145 e. The number of benzene rings is 1. The lowest BCUT2D eigenvalue weighted by atomic mass is 9.69. The van der Waals surface area contributed by atoms with Crippen LogP contribution < -0.4 is 5.73 Å². The molecule has 1 aliphatic carbocycles. The van der Waals surface area contributed by atoms with Crippen LogP contribution in [0.3, 0.4) is 0 Å². The Morgan fingerprint density at radius 1 is 1.22 bits per heavy atom. The van der Waals surface area contributed by atoms with Gasteiger partial charge >= 0.3 is 0 Å². The average molecular weight is 318 g/mol. The van der Waals surface area contributed by atoms with Crippen LogP contribution in [0.15, 0.2) is 16.6 Å². The minimum atomic E-state index is -0.588. The zero-order chi connectivity index (χ0) is 13.3. The van der Waals surface area contributed by atoms with Crippen molar-refractivity contribution in [2.75, 3.05) is 0 Å². The monoisotopic (exact) mass is 317 g/mol. The van der Waals surface area contributed by atoms with Crippen molar-refractivity contribution in [1.29, 1.82) is 0 Å². The van der Waals surface area contributed by atoms with Gasteiger partial charge in [0.2, 0.25) is 0 Å². The second-order valence-corrected chi connectivity index (χ2v) is 6.30. The summed E-state index contributed by atoms with van der Waals surface area (Å²) in [6, 6.07) is 2.06. The molecule has 18 heavy (non-hydrogen) atoms. The summed E-state index contributed by atoms with van der Waals surface area (Å²) in [5.41, 5.74) is 5.99. The number of hydrogen-bond donors (Lipinski definition) is 1. The number of rotatable bonds is 2. The van der Waals surface area contributed by atoms with Crippen LogP contribution in [0, 0.1) is 17.0 Å². The minimum absolute atomic E-state index is 0.0220. The maximum atomic E-state index is 14.1. The van der Waals surface area contributed by atoms with Gasteiger partial charge in [0.25, 0.3) is 0 Å². The molecule has 1 fully saturated rings. The first-order chi connectivity index (χ1) is 8.46. The SMILES string of the molecule is CC1(C(N)c2c(F)ccc(Br)c2F)CCCCC1. The molecule has 0 amide bonds. The highest BCUT2D eigenvalue weighted by molar-refractivity contribution is 9.10. The van der Waals surface area contributed by atoms with E-state index >= 15 is 0 Å². The summed E-state index contributed by atoms with van der Waals surface area (Å²) in [5, 5.41) is 0. The Balaban J connectivity index is 2.39. The Morgan fingerprint density at radius 2 is 1.83 bits per heavy atom. The maximum absolute atomic E-state index is 14.1. The van der Waals surface area contributed by atoms with Crippen LogP contribution in [0.1, 0.15) is 50.6 Å². The molecule has 1 aromatic carbocycles. The zero-order valence-electron chi connectivity index (χ0n) is 10.5. The van der Waals surface area contributed by atoms with Gasteiger partial charge in [-0.05, 0) is 46.3 Å². The van der Waals surface area contributed by atoms with Gasteiger partial charge in [0.05, 0.1) is 4.47 Å². The molecule has 0 saturated heterocycles. The highest BCUT2D eigenvalue weighted by Gasteiger charge is 2.37. The fraction of sp³-hybridized carbons (Fsp3) is 0.571. The van der Waals surface area contributed by atoms with Gasteiger partial charge in [0.15, 0.2) is 0 Å². The largest absolute Gasteiger partial charge is 0.323 e. The van der Waals surface area contributed by atoms with Crippen molar-refractivity contribution >= 4 is 15.9 Å². The van der Waals surface area contributed by atoms with Crippen LogP contribution in [-0.4, -0.2) is 0 Å². The number of nitrogens with two attached hydrogens (primary N) is 1. The van der Waals surface area contributed by atoms with Gasteiger partial charge in [0.1, 0.15) is 11.6 Å². The standard InChI is InChI=1S/C14H18BrF2N/c1-14(7-3-2-4-8-14)13(18)11-10(16)6-5-9(15)12(11)17/h5-6,13H,2-4,7-8,18H2,1H3. The molecule has 1 saturated carbocycles. The van der Waals surface area contributed by atoms with Crippen molar-refractivity contribution in [2.45, 2.75) is 45.1 Å². The van der Waals surface area contributed by atoms with Crippen molar-refractivity contribution in [3.8, 4) is 0 Å². The lowest BCUT2D eigenvalue weighted by Crippen LogP contribution is -2.35. The van der Waals surface area contributed by atoms with Crippen LogP contribution in [0.4, 0.5) is 8.78 Å². The van der Waals surface area contributed by atoms with E-state index in [1.165, 1.54) is 18.6 Å². The molecule has 1 atom stereocenters. The molecule has 0 spiro atoms. The quantitative estimate of drug-likeness (QED) is 0.786. The van der Waals surface area contributed by atoms with E-state index in [9.17, 15) is 8.78 Å². The van der Waals surface area contributed by atoms with E-state index in [1.807, 2.05) is 6.92 Å². The highest BCUT2D eigenvalue weighted by Crippen LogP contribution is 2.45. The van der Waals surface area contributed by atoms with Crippen LogP contribution >= 0.6 is 15.9 Å². The van der Waals surface area contributed by atoms with Crippen molar-refractivity contribution < 1.29 is 8.78 Å². The molecular weight excluding hydrogens is 300 g/mol. The Hall–Kier alpha value is -0.480. The summed E-state index contributed by atoms with van der Waals surface area (Å²) in [7, 11) is 0. The predicted octanol–water partition coefficient (Wildman–Crippen LogP) is 4.70. The molecule has 2 N–H and O–H groups in total. The molecule has 1 aromatic rings.